The molecule has 0 aliphatic carbocycles. The van der Waals surface area contributed by atoms with Crippen molar-refractivity contribution in [1.29, 1.82) is 0 Å². The minimum absolute atomic E-state index is 0.00106. The fourth-order valence-corrected chi connectivity index (χ4v) is 3.29. The van der Waals surface area contributed by atoms with Crippen LogP contribution in [0, 0.1) is 0 Å². The minimum atomic E-state index is -4.75. The molecule has 3 N–H and O–H groups in total. The number of benzene rings is 2. The molecule has 0 saturated carbocycles. The van der Waals surface area contributed by atoms with E-state index in [0.717, 1.165) is 6.07 Å². The Morgan fingerprint density at radius 3 is 2.14 bits per heavy atom. The number of nitrogens with one attached hydrogen (secondary N) is 1. The number of carbonyl (C=O) groups excluding carboxylic acids is 1. The minimum Gasteiger partial charge on any atom is -0.326 e. The summed E-state index contributed by atoms with van der Waals surface area (Å²) in [6.45, 7) is 1.26. The maximum atomic E-state index is 11.5. The lowest BCUT2D eigenvalue weighted by Crippen LogP contribution is -2.07. The fraction of sp³-hybridized carbons (Fsp3) is 0.0833. The number of fused-ring (bicyclic) bond motifs is 1. The zero-order valence-corrected chi connectivity index (χ0v) is 12.8. The highest BCUT2D eigenvalue weighted by Crippen LogP contribution is 2.29. The summed E-state index contributed by atoms with van der Waals surface area (Å²) in [7, 11) is -9.40. The molecule has 10 heteroatoms. The van der Waals surface area contributed by atoms with E-state index in [9.17, 15) is 26.2 Å². The Morgan fingerprint density at radius 2 is 1.64 bits per heavy atom. The number of amides is 1. The van der Waals surface area contributed by atoms with Crippen LogP contribution in [0.4, 0.5) is 5.69 Å². The van der Waals surface area contributed by atoms with Gasteiger partial charge in [-0.3, -0.25) is 13.9 Å². The molecule has 22 heavy (non-hydrogen) atoms. The summed E-state index contributed by atoms with van der Waals surface area (Å²) in [6.07, 6.45) is 0. The van der Waals surface area contributed by atoms with Crippen LogP contribution < -0.4 is 5.32 Å². The summed E-state index contributed by atoms with van der Waals surface area (Å²) in [5.41, 5.74) is 0.268. The molecule has 0 fully saturated rings. The Kier molecular flexibility index (Phi) is 3.96. The van der Waals surface area contributed by atoms with E-state index < -0.39 is 30.0 Å². The van der Waals surface area contributed by atoms with Gasteiger partial charge in [0.05, 0.1) is 4.90 Å². The topological polar surface area (TPSA) is 138 Å². The van der Waals surface area contributed by atoms with Crippen LogP contribution in [0.25, 0.3) is 10.8 Å². The van der Waals surface area contributed by atoms with Crippen LogP contribution in [0.1, 0.15) is 6.92 Å². The number of anilines is 1. The van der Waals surface area contributed by atoms with Crippen molar-refractivity contribution in [2.75, 3.05) is 5.32 Å². The molecule has 0 heterocycles. The molecule has 1 amide bonds. The fourth-order valence-electron chi connectivity index (χ4n) is 1.94. The van der Waals surface area contributed by atoms with Crippen LogP contribution in [0.5, 0.6) is 0 Å². The largest absolute Gasteiger partial charge is 0.326 e. The molecule has 0 saturated heterocycles. The van der Waals surface area contributed by atoms with Crippen molar-refractivity contribution in [2.24, 2.45) is 0 Å². The molecule has 0 atom stereocenters. The number of hydrogen-bond donors (Lipinski definition) is 3. The second kappa shape index (κ2) is 5.32. The second-order valence-electron chi connectivity index (χ2n) is 4.49. The maximum absolute atomic E-state index is 11.5. The van der Waals surface area contributed by atoms with E-state index in [4.69, 9.17) is 4.55 Å². The van der Waals surface area contributed by atoms with Crippen molar-refractivity contribution in [3.8, 4) is 0 Å². The van der Waals surface area contributed by atoms with E-state index in [0.29, 0.717) is 6.07 Å². The summed E-state index contributed by atoms with van der Waals surface area (Å²) in [5, 5.41) is 2.59. The highest BCUT2D eigenvalue weighted by Gasteiger charge is 2.20. The number of hydrogen-bond acceptors (Lipinski definition) is 5. The standard InChI is InChI=1S/C12H11NO7S2/c1-7(14)13-9-3-2-8-4-10(21(15,16)17)6-12(11(8)5-9)22(18,19)20/h2-6H,1H3,(H,13,14)(H,15,16,17)(H,18,19,20). The van der Waals surface area contributed by atoms with E-state index in [1.165, 1.54) is 25.1 Å². The van der Waals surface area contributed by atoms with E-state index in [1.807, 2.05) is 0 Å². The Labute approximate surface area is 126 Å². The first-order valence-electron chi connectivity index (χ1n) is 5.79. The molecule has 2 rings (SSSR count). The van der Waals surface area contributed by atoms with E-state index >= 15 is 0 Å². The molecule has 0 aliphatic heterocycles. The molecule has 2 aromatic carbocycles. The zero-order chi connectivity index (χ0) is 16.7. The molecule has 0 unspecified atom stereocenters. The Morgan fingerprint density at radius 1 is 1.00 bits per heavy atom. The monoisotopic (exact) mass is 345 g/mol. The van der Waals surface area contributed by atoms with Crippen LogP contribution in [0.3, 0.4) is 0 Å². The molecular formula is C12H11NO7S2. The summed E-state index contributed by atoms with van der Waals surface area (Å²) in [4.78, 5) is 9.67. The van der Waals surface area contributed by atoms with Gasteiger partial charge >= 0.3 is 0 Å². The van der Waals surface area contributed by atoms with Crippen LogP contribution in [-0.4, -0.2) is 31.8 Å². The predicted molar refractivity (Wildman–Crippen MR) is 77.9 cm³/mol. The first kappa shape index (κ1) is 16.4. The van der Waals surface area contributed by atoms with Gasteiger partial charge in [-0.2, -0.15) is 16.8 Å². The number of carbonyl (C=O) groups is 1. The molecule has 8 nitrogen and oxygen atoms in total. The number of rotatable bonds is 3. The molecule has 2 aromatic rings. The van der Waals surface area contributed by atoms with Gasteiger partial charge in [-0.1, -0.05) is 6.07 Å². The third kappa shape index (κ3) is 3.42. The highest BCUT2D eigenvalue weighted by atomic mass is 32.2. The normalized spacial score (nSPS) is 12.3. The highest BCUT2D eigenvalue weighted by molar-refractivity contribution is 7.86. The predicted octanol–water partition coefficient (Wildman–Crippen LogP) is 1.29. The van der Waals surface area contributed by atoms with Crippen LogP contribution >= 0.6 is 0 Å². The first-order chi connectivity index (χ1) is 9.98. The van der Waals surface area contributed by atoms with Gasteiger partial charge in [0, 0.05) is 18.0 Å². The quantitative estimate of drug-likeness (QED) is 0.713. The average molecular weight is 345 g/mol. The first-order valence-corrected chi connectivity index (χ1v) is 8.67. The molecule has 118 valence electrons. The smallest absolute Gasteiger partial charge is 0.295 e. The van der Waals surface area contributed by atoms with Gasteiger partial charge in [0.15, 0.2) is 0 Å². The van der Waals surface area contributed by atoms with Crippen LogP contribution in [-0.2, 0) is 25.0 Å². The van der Waals surface area contributed by atoms with Gasteiger partial charge < -0.3 is 5.32 Å². The summed E-state index contributed by atoms with van der Waals surface area (Å²) in [5.74, 6) is -0.387. The molecule has 0 bridgehead atoms. The van der Waals surface area contributed by atoms with Gasteiger partial charge in [0.2, 0.25) is 5.91 Å². The van der Waals surface area contributed by atoms with Crippen molar-refractivity contribution in [3.63, 3.8) is 0 Å². The lowest BCUT2D eigenvalue weighted by Gasteiger charge is -2.09. The van der Waals surface area contributed by atoms with Crippen molar-refractivity contribution in [1.82, 2.24) is 0 Å². The Bertz CT molecular complexity index is 978. The van der Waals surface area contributed by atoms with Gasteiger partial charge in [-0.15, -0.1) is 0 Å². The van der Waals surface area contributed by atoms with Crippen LogP contribution in [0.15, 0.2) is 40.1 Å². The zero-order valence-electron chi connectivity index (χ0n) is 11.1. The third-order valence-electron chi connectivity index (χ3n) is 2.79. The van der Waals surface area contributed by atoms with Crippen molar-refractivity contribution < 1.29 is 30.7 Å². The third-order valence-corrected chi connectivity index (χ3v) is 4.51. The van der Waals surface area contributed by atoms with Crippen molar-refractivity contribution in [3.05, 3.63) is 30.3 Å². The molecule has 0 aliphatic rings. The molecule has 0 spiro atoms. The van der Waals surface area contributed by atoms with Gasteiger partial charge in [0.25, 0.3) is 20.2 Å². The van der Waals surface area contributed by atoms with Gasteiger partial charge in [0.1, 0.15) is 4.90 Å². The van der Waals surface area contributed by atoms with Crippen molar-refractivity contribution >= 4 is 42.6 Å². The maximum Gasteiger partial charge on any atom is 0.295 e. The Balaban J connectivity index is 2.86. The molecule has 0 aromatic heterocycles. The summed E-state index contributed by atoms with van der Waals surface area (Å²) in [6, 6.07) is 5.74. The lowest BCUT2D eigenvalue weighted by atomic mass is 10.1. The molecule has 0 radical (unpaired) electrons. The summed E-state index contributed by atoms with van der Waals surface area (Å²) < 4.78 is 63.6. The van der Waals surface area contributed by atoms with Crippen molar-refractivity contribution in [2.45, 2.75) is 16.7 Å². The van der Waals surface area contributed by atoms with Crippen LogP contribution in [0.2, 0.25) is 0 Å². The lowest BCUT2D eigenvalue weighted by molar-refractivity contribution is -0.114. The SMILES string of the molecule is CC(=O)Nc1ccc2cc(S(=O)(=O)O)cc(S(=O)(=O)O)c2c1. The van der Waals surface area contributed by atoms with E-state index in [2.05, 4.69) is 5.32 Å². The van der Waals surface area contributed by atoms with E-state index in [-0.39, 0.29) is 22.4 Å². The van der Waals surface area contributed by atoms with Gasteiger partial charge in [-0.25, -0.2) is 0 Å². The van der Waals surface area contributed by atoms with E-state index in [1.54, 1.807) is 0 Å². The summed E-state index contributed by atoms with van der Waals surface area (Å²) >= 11 is 0. The van der Waals surface area contributed by atoms with Gasteiger partial charge in [-0.05, 0) is 29.7 Å². The average Bonchev–Trinajstić information content (AvgIpc) is 2.34. The second-order valence-corrected chi connectivity index (χ2v) is 7.30. The Hall–Kier alpha value is -2.01. The molecular weight excluding hydrogens is 334 g/mol.